The maximum Gasteiger partial charge on any atom is 0.283 e. The van der Waals surface area contributed by atoms with Crippen LogP contribution in [0.15, 0.2) is 83.5 Å². The van der Waals surface area contributed by atoms with Gasteiger partial charge in [0, 0.05) is 5.69 Å². The molecule has 1 aliphatic heterocycles. The maximum atomic E-state index is 12.9. The Bertz CT molecular complexity index is 1160. The van der Waals surface area contributed by atoms with Crippen LogP contribution >= 0.6 is 34.8 Å². The van der Waals surface area contributed by atoms with Crippen LogP contribution in [-0.2, 0) is 9.59 Å². The molecule has 8 heteroatoms. The molecule has 1 heterocycles. The van der Waals surface area contributed by atoms with E-state index in [0.29, 0.717) is 32.9 Å². The highest BCUT2D eigenvalue weighted by Gasteiger charge is 2.39. The minimum absolute atomic E-state index is 0.0373. The van der Waals surface area contributed by atoms with E-state index in [-0.39, 0.29) is 10.7 Å². The summed E-state index contributed by atoms with van der Waals surface area (Å²) in [6, 6.07) is 20.6. The first kappa shape index (κ1) is 20.3. The van der Waals surface area contributed by atoms with Crippen LogP contribution in [0.4, 0.5) is 11.4 Å². The van der Waals surface area contributed by atoms with Gasteiger partial charge in [-0.2, -0.15) is 0 Å². The van der Waals surface area contributed by atoms with Crippen LogP contribution in [0, 0.1) is 0 Å². The number of nitrogens with zero attached hydrogens (tertiary/aromatic N) is 1. The van der Waals surface area contributed by atoms with E-state index >= 15 is 0 Å². The minimum atomic E-state index is -0.624. The van der Waals surface area contributed by atoms with Crippen LogP contribution in [0.1, 0.15) is 0 Å². The summed E-state index contributed by atoms with van der Waals surface area (Å²) in [5.41, 5.74) is 0.811. The average Bonchev–Trinajstić information content (AvgIpc) is 2.95. The summed E-state index contributed by atoms with van der Waals surface area (Å²) in [7, 11) is 0. The quantitative estimate of drug-likeness (QED) is 0.460. The Balaban J connectivity index is 1.53. The highest BCUT2D eigenvalue weighted by molar-refractivity contribution is 6.53. The van der Waals surface area contributed by atoms with Gasteiger partial charge in [-0.3, -0.25) is 9.59 Å². The largest absolute Gasteiger partial charge is 0.457 e. The van der Waals surface area contributed by atoms with Gasteiger partial charge in [-0.25, -0.2) is 4.90 Å². The molecule has 1 N–H and O–H groups in total. The number of benzene rings is 3. The second kappa shape index (κ2) is 8.40. The predicted molar refractivity (Wildman–Crippen MR) is 118 cm³/mol. The lowest BCUT2D eigenvalue weighted by Crippen LogP contribution is -2.32. The SMILES string of the molecule is O=C1C(Cl)=C(Nc2ccc(Cl)c(Cl)c2)C(=O)N1c1ccc(Oc2ccccc2)cc1. The fourth-order valence-corrected chi connectivity index (χ4v) is 3.36. The molecule has 0 fully saturated rings. The van der Waals surface area contributed by atoms with Gasteiger partial charge in [0.15, 0.2) is 0 Å². The molecule has 0 bridgehead atoms. The van der Waals surface area contributed by atoms with Gasteiger partial charge >= 0.3 is 0 Å². The highest BCUT2D eigenvalue weighted by Crippen LogP contribution is 2.33. The summed E-state index contributed by atoms with van der Waals surface area (Å²) in [6.45, 7) is 0. The number of nitrogens with one attached hydrogen (secondary N) is 1. The number of hydrogen-bond acceptors (Lipinski definition) is 4. The van der Waals surface area contributed by atoms with Gasteiger partial charge in [0.2, 0.25) is 0 Å². The van der Waals surface area contributed by atoms with E-state index in [2.05, 4.69) is 5.32 Å². The zero-order valence-electron chi connectivity index (χ0n) is 15.2. The molecule has 30 heavy (non-hydrogen) atoms. The lowest BCUT2D eigenvalue weighted by molar-refractivity contribution is -0.120. The maximum absolute atomic E-state index is 12.9. The smallest absolute Gasteiger partial charge is 0.283 e. The second-order valence-electron chi connectivity index (χ2n) is 6.30. The van der Waals surface area contributed by atoms with Crippen molar-refractivity contribution in [3.05, 3.63) is 93.6 Å². The number of amides is 2. The van der Waals surface area contributed by atoms with Crippen molar-refractivity contribution in [3.8, 4) is 11.5 Å². The molecule has 0 saturated carbocycles. The van der Waals surface area contributed by atoms with Gasteiger partial charge in [0.05, 0.1) is 15.7 Å². The molecule has 0 spiro atoms. The van der Waals surface area contributed by atoms with E-state index in [0.717, 1.165) is 4.90 Å². The Hall–Kier alpha value is -2.99. The van der Waals surface area contributed by atoms with Crippen molar-refractivity contribution in [3.63, 3.8) is 0 Å². The fraction of sp³-hybridized carbons (Fsp3) is 0. The predicted octanol–water partition coefficient (Wildman–Crippen LogP) is 6.22. The minimum Gasteiger partial charge on any atom is -0.457 e. The summed E-state index contributed by atoms with van der Waals surface area (Å²) >= 11 is 18.1. The number of para-hydroxylation sites is 1. The summed E-state index contributed by atoms with van der Waals surface area (Å²) in [4.78, 5) is 26.5. The lowest BCUT2D eigenvalue weighted by Gasteiger charge is -2.16. The zero-order valence-corrected chi connectivity index (χ0v) is 17.5. The molecule has 0 unspecified atom stereocenters. The normalized spacial score (nSPS) is 13.8. The summed E-state index contributed by atoms with van der Waals surface area (Å²) in [5, 5.41) is 3.32. The number of carbonyl (C=O) groups is 2. The number of hydrogen-bond donors (Lipinski definition) is 1. The van der Waals surface area contributed by atoms with E-state index in [1.54, 1.807) is 36.4 Å². The van der Waals surface area contributed by atoms with Crippen molar-refractivity contribution in [2.75, 3.05) is 10.2 Å². The summed E-state index contributed by atoms with van der Waals surface area (Å²) in [5.74, 6) is 0.0439. The van der Waals surface area contributed by atoms with Gasteiger partial charge < -0.3 is 10.1 Å². The van der Waals surface area contributed by atoms with Crippen molar-refractivity contribution in [1.29, 1.82) is 0 Å². The molecule has 3 aromatic rings. The Morgan fingerprint density at radius 1 is 0.733 bits per heavy atom. The molecule has 0 atom stereocenters. The van der Waals surface area contributed by atoms with E-state index in [9.17, 15) is 9.59 Å². The molecule has 1 aliphatic rings. The van der Waals surface area contributed by atoms with Crippen LogP contribution < -0.4 is 15.0 Å². The van der Waals surface area contributed by atoms with Gasteiger partial charge in [-0.05, 0) is 54.6 Å². The molecule has 0 aliphatic carbocycles. The third-order valence-electron chi connectivity index (χ3n) is 4.29. The number of rotatable bonds is 5. The first-order valence-corrected chi connectivity index (χ1v) is 9.91. The number of carbonyl (C=O) groups excluding carboxylic acids is 2. The third kappa shape index (κ3) is 4.00. The van der Waals surface area contributed by atoms with Gasteiger partial charge in [-0.1, -0.05) is 53.0 Å². The van der Waals surface area contributed by atoms with Crippen LogP contribution in [-0.4, -0.2) is 11.8 Å². The van der Waals surface area contributed by atoms with Crippen LogP contribution in [0.2, 0.25) is 10.0 Å². The molecule has 0 radical (unpaired) electrons. The zero-order chi connectivity index (χ0) is 21.3. The Morgan fingerprint density at radius 2 is 1.40 bits per heavy atom. The Kier molecular flexibility index (Phi) is 5.68. The summed E-state index contributed by atoms with van der Waals surface area (Å²) in [6.07, 6.45) is 0. The molecule has 150 valence electrons. The Labute approximate surface area is 187 Å². The summed E-state index contributed by atoms with van der Waals surface area (Å²) < 4.78 is 5.73. The average molecular weight is 460 g/mol. The molecule has 4 rings (SSSR count). The number of anilines is 2. The lowest BCUT2D eigenvalue weighted by atomic mass is 10.2. The molecule has 3 aromatic carbocycles. The van der Waals surface area contributed by atoms with Gasteiger partial charge in [0.1, 0.15) is 22.2 Å². The monoisotopic (exact) mass is 458 g/mol. The van der Waals surface area contributed by atoms with E-state index in [1.165, 1.54) is 6.07 Å². The molecular formula is C22H13Cl3N2O3. The van der Waals surface area contributed by atoms with Crippen molar-refractivity contribution in [1.82, 2.24) is 0 Å². The van der Waals surface area contributed by atoms with Crippen molar-refractivity contribution in [2.24, 2.45) is 0 Å². The van der Waals surface area contributed by atoms with Crippen LogP contribution in [0.3, 0.4) is 0 Å². The highest BCUT2D eigenvalue weighted by atomic mass is 35.5. The molecule has 2 amide bonds. The molecule has 0 saturated heterocycles. The van der Waals surface area contributed by atoms with Crippen LogP contribution in [0.5, 0.6) is 11.5 Å². The van der Waals surface area contributed by atoms with Crippen LogP contribution in [0.25, 0.3) is 0 Å². The molecule has 5 nitrogen and oxygen atoms in total. The first-order valence-electron chi connectivity index (χ1n) is 8.77. The standard InChI is InChI=1S/C22H13Cl3N2O3/c23-17-11-6-13(12-18(17)24)26-20-19(25)21(28)27(22(20)29)14-7-9-16(10-8-14)30-15-4-2-1-3-5-15/h1-12,26H. The number of imide groups is 1. The van der Waals surface area contributed by atoms with Crippen molar-refractivity contribution < 1.29 is 14.3 Å². The third-order valence-corrected chi connectivity index (χ3v) is 5.38. The van der Waals surface area contributed by atoms with Crippen molar-refractivity contribution >= 4 is 58.0 Å². The number of halogens is 3. The van der Waals surface area contributed by atoms with E-state index in [4.69, 9.17) is 39.5 Å². The molecular weight excluding hydrogens is 447 g/mol. The fourth-order valence-electron chi connectivity index (χ4n) is 2.85. The van der Waals surface area contributed by atoms with Gasteiger partial charge in [0.25, 0.3) is 11.8 Å². The topological polar surface area (TPSA) is 58.6 Å². The van der Waals surface area contributed by atoms with E-state index in [1.807, 2.05) is 30.3 Å². The Morgan fingerprint density at radius 3 is 2.07 bits per heavy atom. The van der Waals surface area contributed by atoms with Gasteiger partial charge in [-0.15, -0.1) is 0 Å². The first-order chi connectivity index (χ1) is 14.4. The second-order valence-corrected chi connectivity index (χ2v) is 7.49. The van der Waals surface area contributed by atoms with E-state index < -0.39 is 11.8 Å². The van der Waals surface area contributed by atoms with Crippen molar-refractivity contribution in [2.45, 2.75) is 0 Å². The number of ether oxygens (including phenoxy) is 1. The molecule has 0 aromatic heterocycles.